The lowest BCUT2D eigenvalue weighted by atomic mass is 10.1. The van der Waals surface area contributed by atoms with Crippen molar-refractivity contribution >= 4 is 65.7 Å². The molecule has 0 spiro atoms. The lowest BCUT2D eigenvalue weighted by molar-refractivity contribution is 1.09. The van der Waals surface area contributed by atoms with Gasteiger partial charge in [-0.1, -0.05) is 121 Å². The van der Waals surface area contributed by atoms with Gasteiger partial charge in [0.2, 0.25) is 0 Å². The molecule has 0 amide bonds. The summed E-state index contributed by atoms with van der Waals surface area (Å²) in [6.45, 7) is 0. The number of nitrogens with zero attached hydrogens (tertiary/aromatic N) is 6. The lowest BCUT2D eigenvalue weighted by Crippen LogP contribution is -1.99. The van der Waals surface area contributed by atoms with E-state index >= 15 is 0 Å². The predicted molar refractivity (Wildman–Crippen MR) is 255 cm³/mol. The number of aromatic nitrogens is 6. The normalized spacial score (nSPS) is 11.9. The molecule has 0 aliphatic heterocycles. The van der Waals surface area contributed by atoms with Crippen LogP contribution in [0.3, 0.4) is 0 Å². The molecule has 62 heavy (non-hydrogen) atoms. The summed E-state index contributed by atoms with van der Waals surface area (Å²) >= 11 is 0. The van der Waals surface area contributed by atoms with Gasteiger partial charge in [0.1, 0.15) is 11.6 Å². The molecule has 0 bridgehead atoms. The Balaban J connectivity index is 0.971. The Kier molecular flexibility index (Phi) is 7.50. The van der Waals surface area contributed by atoms with Crippen molar-refractivity contribution in [2.45, 2.75) is 0 Å². The molecule has 0 aliphatic rings. The van der Waals surface area contributed by atoms with Crippen LogP contribution in [0.15, 0.2) is 218 Å². The minimum Gasteiger partial charge on any atom is -0.309 e. The predicted octanol–water partition coefficient (Wildman–Crippen LogP) is 13.9. The Morgan fingerprint density at radius 3 is 0.968 bits per heavy atom. The van der Waals surface area contributed by atoms with Crippen LogP contribution < -0.4 is 0 Å². The van der Waals surface area contributed by atoms with E-state index in [1.54, 1.807) is 0 Å². The van der Waals surface area contributed by atoms with Crippen LogP contribution in [0.1, 0.15) is 0 Å². The Hall–Kier alpha value is -8.48. The van der Waals surface area contributed by atoms with Crippen LogP contribution in [0.2, 0.25) is 0 Å². The third kappa shape index (κ3) is 5.10. The van der Waals surface area contributed by atoms with Gasteiger partial charge in [0.15, 0.2) is 0 Å². The van der Waals surface area contributed by atoms with Crippen LogP contribution in [0, 0.1) is 0 Å². The molecule has 4 aromatic heterocycles. The van der Waals surface area contributed by atoms with Crippen molar-refractivity contribution in [3.05, 3.63) is 218 Å². The molecule has 13 rings (SSSR count). The topological polar surface area (TPSA) is 45.5 Å². The van der Waals surface area contributed by atoms with Gasteiger partial charge in [-0.25, -0.2) is 9.97 Å². The monoisotopic (exact) mass is 792 g/mol. The molecule has 6 heteroatoms. The first-order valence-electron chi connectivity index (χ1n) is 21.0. The van der Waals surface area contributed by atoms with E-state index in [4.69, 9.17) is 9.97 Å². The maximum absolute atomic E-state index is 5.08. The van der Waals surface area contributed by atoms with Gasteiger partial charge in [0.05, 0.1) is 44.1 Å². The minimum absolute atomic E-state index is 0.928. The van der Waals surface area contributed by atoms with Crippen LogP contribution in [-0.2, 0) is 0 Å². The maximum atomic E-state index is 5.08. The van der Waals surface area contributed by atoms with Gasteiger partial charge >= 0.3 is 0 Å². The Bertz CT molecular complexity index is 3580. The van der Waals surface area contributed by atoms with Crippen LogP contribution in [-0.4, -0.2) is 28.2 Å². The number of fused-ring (bicyclic) bond motifs is 9. The molecule has 13 aromatic rings. The fourth-order valence-corrected chi connectivity index (χ4v) is 9.71. The minimum atomic E-state index is 0.928. The maximum Gasteiger partial charge on any atom is 0.145 e. The van der Waals surface area contributed by atoms with E-state index in [-0.39, 0.29) is 0 Å². The third-order valence-corrected chi connectivity index (χ3v) is 12.4. The van der Waals surface area contributed by atoms with E-state index in [1.807, 2.05) is 12.1 Å². The number of imidazole rings is 2. The molecule has 0 saturated heterocycles. The van der Waals surface area contributed by atoms with Gasteiger partial charge in [-0.15, -0.1) is 0 Å². The van der Waals surface area contributed by atoms with Crippen LogP contribution in [0.4, 0.5) is 0 Å². The zero-order valence-electron chi connectivity index (χ0n) is 33.5. The van der Waals surface area contributed by atoms with E-state index in [0.29, 0.717) is 0 Å². The number of hydrogen-bond donors (Lipinski definition) is 0. The Morgan fingerprint density at radius 1 is 0.242 bits per heavy atom. The molecule has 0 fully saturated rings. The van der Waals surface area contributed by atoms with Gasteiger partial charge in [0.25, 0.3) is 0 Å². The summed E-state index contributed by atoms with van der Waals surface area (Å²) in [5.41, 5.74) is 15.3. The van der Waals surface area contributed by atoms with Gasteiger partial charge < -0.3 is 9.13 Å². The first kappa shape index (κ1) is 34.4. The molecule has 0 unspecified atom stereocenters. The van der Waals surface area contributed by atoms with Crippen LogP contribution in [0.5, 0.6) is 0 Å². The largest absolute Gasteiger partial charge is 0.309 e. The van der Waals surface area contributed by atoms with Crippen molar-refractivity contribution in [3.8, 4) is 45.5 Å². The van der Waals surface area contributed by atoms with Crippen molar-refractivity contribution in [2.24, 2.45) is 0 Å². The van der Waals surface area contributed by atoms with E-state index in [9.17, 15) is 0 Å². The van der Waals surface area contributed by atoms with Gasteiger partial charge in [-0.2, -0.15) is 0 Å². The molecule has 0 radical (unpaired) electrons. The van der Waals surface area contributed by atoms with E-state index in [1.165, 1.54) is 43.6 Å². The molecule has 4 heterocycles. The van der Waals surface area contributed by atoms with Crippen molar-refractivity contribution in [1.82, 2.24) is 28.2 Å². The van der Waals surface area contributed by atoms with Crippen LogP contribution in [0.25, 0.3) is 111 Å². The van der Waals surface area contributed by atoms with Crippen molar-refractivity contribution in [3.63, 3.8) is 0 Å². The second kappa shape index (κ2) is 13.5. The van der Waals surface area contributed by atoms with Gasteiger partial charge in [-0.3, -0.25) is 9.13 Å². The highest BCUT2D eigenvalue weighted by molar-refractivity contribution is 6.28. The fraction of sp³-hybridized carbons (Fsp3) is 0. The smallest absolute Gasteiger partial charge is 0.145 e. The molecule has 0 atom stereocenters. The number of rotatable bonds is 6. The zero-order chi connectivity index (χ0) is 40.7. The van der Waals surface area contributed by atoms with E-state index < -0.39 is 0 Å². The Morgan fingerprint density at radius 2 is 0.565 bits per heavy atom. The quantitative estimate of drug-likeness (QED) is 0.168. The SMILES string of the molecule is c1ccc(-c2nc3ccccc3n2-c2ccc(-n3c4ccccc4c4c5c6ccccc6n(-c6ccc(-n7c(-c8ccccc8)nc8ccccc87)cc6)c5ccc43)cc2)cc1. The standard InChI is InChI=1S/C56H36N6/c1-3-15-37(16-4-1)55-57-45-21-9-13-25-49(45)61(55)41-31-27-39(28-32-41)59-47-23-11-7-19-43(47)53-51(59)35-36-52-54(53)44-20-8-12-24-48(44)60(52)40-29-33-42(34-30-40)62-50-26-14-10-22-46(50)58-56(62)38-17-5-2-6-18-38/h1-36H. The third-order valence-electron chi connectivity index (χ3n) is 12.4. The summed E-state index contributed by atoms with van der Waals surface area (Å²) in [7, 11) is 0. The first-order chi connectivity index (χ1) is 30.8. The van der Waals surface area contributed by atoms with Crippen molar-refractivity contribution in [2.75, 3.05) is 0 Å². The van der Waals surface area contributed by atoms with Gasteiger partial charge in [0, 0.05) is 55.4 Å². The zero-order valence-corrected chi connectivity index (χ0v) is 33.5. The summed E-state index contributed by atoms with van der Waals surface area (Å²) in [5.74, 6) is 1.86. The van der Waals surface area contributed by atoms with Gasteiger partial charge in [-0.05, 0) is 97.1 Å². The molecule has 6 nitrogen and oxygen atoms in total. The molecule has 9 aromatic carbocycles. The first-order valence-corrected chi connectivity index (χ1v) is 21.0. The van der Waals surface area contributed by atoms with E-state index in [2.05, 4.69) is 225 Å². The number of hydrogen-bond acceptors (Lipinski definition) is 2. The van der Waals surface area contributed by atoms with Crippen molar-refractivity contribution in [1.29, 1.82) is 0 Å². The summed E-state index contributed by atoms with van der Waals surface area (Å²) in [6, 6.07) is 77.7. The average Bonchev–Trinajstić information content (AvgIpc) is 4.10. The number of benzene rings is 9. The highest BCUT2D eigenvalue weighted by Crippen LogP contribution is 2.43. The summed E-state index contributed by atoms with van der Waals surface area (Å²) in [6.07, 6.45) is 0. The number of para-hydroxylation sites is 6. The fourth-order valence-electron chi connectivity index (χ4n) is 9.71. The van der Waals surface area contributed by atoms with Crippen LogP contribution >= 0.6 is 0 Å². The molecule has 0 aliphatic carbocycles. The molecule has 290 valence electrons. The second-order valence-corrected chi connectivity index (χ2v) is 15.8. The summed E-state index contributed by atoms with van der Waals surface area (Å²) in [5, 5.41) is 4.95. The molecular weight excluding hydrogens is 757 g/mol. The molecule has 0 N–H and O–H groups in total. The highest BCUT2D eigenvalue weighted by atomic mass is 15.1. The molecule has 0 saturated carbocycles. The second-order valence-electron chi connectivity index (χ2n) is 15.8. The lowest BCUT2D eigenvalue weighted by Gasteiger charge is -2.13. The summed E-state index contributed by atoms with van der Waals surface area (Å²) in [4.78, 5) is 10.2. The average molecular weight is 793 g/mol. The molecular formula is C56H36N6. The summed E-state index contributed by atoms with van der Waals surface area (Å²) < 4.78 is 9.37. The van der Waals surface area contributed by atoms with Crippen molar-refractivity contribution < 1.29 is 0 Å². The Labute approximate surface area is 356 Å². The van der Waals surface area contributed by atoms with E-state index in [0.717, 1.165) is 67.6 Å². The highest BCUT2D eigenvalue weighted by Gasteiger charge is 2.22.